The topological polar surface area (TPSA) is 39.1 Å². The lowest BCUT2D eigenvalue weighted by atomic mass is 9.93. The number of nitrogens with zero attached hydrogens (tertiary/aromatic N) is 2. The Balaban J connectivity index is 1.85. The fourth-order valence-corrected chi connectivity index (χ4v) is 3.60. The van der Waals surface area contributed by atoms with E-state index in [1.807, 2.05) is 12.5 Å². The predicted octanol–water partition coefficient (Wildman–Crippen LogP) is 3.04. The summed E-state index contributed by atoms with van der Waals surface area (Å²) in [4.78, 5) is 4.43. The molecule has 21 heavy (non-hydrogen) atoms. The van der Waals surface area contributed by atoms with Crippen molar-refractivity contribution in [3.05, 3.63) is 36.3 Å². The van der Waals surface area contributed by atoms with Gasteiger partial charge in [-0.25, -0.2) is 4.98 Å². The molecule has 2 aliphatic heterocycles. The Kier molecular flexibility index (Phi) is 2.82. The van der Waals surface area contributed by atoms with Gasteiger partial charge in [-0.15, -0.1) is 0 Å². The highest BCUT2D eigenvalue weighted by molar-refractivity contribution is 5.80. The van der Waals surface area contributed by atoms with Gasteiger partial charge in [-0.3, -0.25) is 0 Å². The first-order chi connectivity index (χ1) is 10.2. The van der Waals surface area contributed by atoms with E-state index in [9.17, 15) is 0 Å². The number of hydrogen-bond acceptors (Lipinski definition) is 3. The van der Waals surface area contributed by atoms with Crippen molar-refractivity contribution >= 4 is 5.69 Å². The first-order valence-electron chi connectivity index (χ1n) is 7.71. The van der Waals surface area contributed by atoms with Gasteiger partial charge in [-0.2, -0.15) is 0 Å². The molecule has 4 nitrogen and oxygen atoms in total. The van der Waals surface area contributed by atoms with E-state index in [0.717, 1.165) is 26.0 Å². The molecule has 2 atom stereocenters. The maximum Gasteiger partial charge on any atom is 0.0957 e. The van der Waals surface area contributed by atoms with Gasteiger partial charge in [0.2, 0.25) is 0 Å². The van der Waals surface area contributed by atoms with E-state index in [1.54, 1.807) is 0 Å². The monoisotopic (exact) mass is 283 g/mol. The molecule has 0 radical (unpaired) electrons. The van der Waals surface area contributed by atoms with E-state index in [0.29, 0.717) is 0 Å². The third kappa shape index (κ3) is 1.82. The van der Waals surface area contributed by atoms with Crippen molar-refractivity contribution in [2.24, 2.45) is 0 Å². The average molecular weight is 283 g/mol. The Morgan fingerprint density at radius 3 is 3.14 bits per heavy atom. The molecule has 2 unspecified atom stereocenters. The summed E-state index contributed by atoms with van der Waals surface area (Å²) in [6.07, 6.45) is 6.27. The number of imidazole rings is 1. The molecule has 0 aliphatic carbocycles. The summed E-state index contributed by atoms with van der Waals surface area (Å²) in [6, 6.07) is 6.55. The van der Waals surface area contributed by atoms with E-state index >= 15 is 0 Å². The number of fused-ring (bicyclic) bond motifs is 1. The molecule has 0 saturated carbocycles. The van der Waals surface area contributed by atoms with Gasteiger partial charge in [-0.05, 0) is 32.3 Å². The van der Waals surface area contributed by atoms with Crippen molar-refractivity contribution in [1.82, 2.24) is 9.55 Å². The molecule has 4 heteroatoms. The molecule has 1 N–H and O–H groups in total. The fraction of sp³-hybridized carbons (Fsp3) is 0.471. The zero-order chi connectivity index (χ0) is 14.4. The minimum absolute atomic E-state index is 0.0207. The van der Waals surface area contributed by atoms with Gasteiger partial charge in [0.15, 0.2) is 0 Å². The third-order valence-electron chi connectivity index (χ3n) is 5.16. The van der Waals surface area contributed by atoms with Crippen LogP contribution in [-0.4, -0.2) is 28.8 Å². The number of benzene rings is 1. The number of rotatable bonds is 2. The molecule has 1 saturated heterocycles. The van der Waals surface area contributed by atoms with Gasteiger partial charge in [-0.1, -0.05) is 18.2 Å². The Hall–Kier alpha value is -1.81. The van der Waals surface area contributed by atoms with Crippen LogP contribution in [0.4, 0.5) is 5.69 Å². The van der Waals surface area contributed by atoms with Crippen molar-refractivity contribution in [1.29, 1.82) is 0 Å². The van der Waals surface area contributed by atoms with Crippen molar-refractivity contribution < 1.29 is 4.74 Å². The smallest absolute Gasteiger partial charge is 0.0957 e. The molecule has 1 fully saturated rings. The second-order valence-corrected chi connectivity index (χ2v) is 6.29. The molecule has 110 valence electrons. The van der Waals surface area contributed by atoms with Crippen LogP contribution in [-0.2, 0) is 16.7 Å². The van der Waals surface area contributed by atoms with Gasteiger partial charge in [0.05, 0.1) is 29.9 Å². The van der Waals surface area contributed by atoms with Crippen LogP contribution in [0.5, 0.6) is 0 Å². The molecule has 3 heterocycles. The molecule has 0 bridgehead atoms. The highest BCUT2D eigenvalue weighted by Gasteiger charge is 2.40. The summed E-state index contributed by atoms with van der Waals surface area (Å²) >= 11 is 0. The molecule has 0 amide bonds. The lowest BCUT2D eigenvalue weighted by Gasteiger charge is -2.31. The summed E-state index contributed by atoms with van der Waals surface area (Å²) in [6.45, 7) is 6.27. The molecule has 1 aromatic heterocycles. The van der Waals surface area contributed by atoms with E-state index in [1.165, 1.54) is 22.5 Å². The highest BCUT2D eigenvalue weighted by Crippen LogP contribution is 2.40. The SMILES string of the molecule is CC1OCCC1(C)n1cncc1-c1cccc2c1NCC2. The second-order valence-electron chi connectivity index (χ2n) is 6.29. The number of para-hydroxylation sites is 1. The van der Waals surface area contributed by atoms with Crippen molar-refractivity contribution in [2.45, 2.75) is 38.3 Å². The normalized spacial score (nSPS) is 27.6. The fourth-order valence-electron chi connectivity index (χ4n) is 3.60. The quantitative estimate of drug-likeness (QED) is 0.920. The number of ether oxygens (including phenoxy) is 1. The van der Waals surface area contributed by atoms with Crippen LogP contribution in [0.2, 0.25) is 0 Å². The van der Waals surface area contributed by atoms with E-state index < -0.39 is 0 Å². The second kappa shape index (κ2) is 4.60. The minimum Gasteiger partial charge on any atom is -0.384 e. The van der Waals surface area contributed by atoms with E-state index in [-0.39, 0.29) is 11.6 Å². The molecule has 1 aromatic carbocycles. The van der Waals surface area contributed by atoms with Crippen LogP contribution >= 0.6 is 0 Å². The molecular weight excluding hydrogens is 262 g/mol. The zero-order valence-corrected chi connectivity index (χ0v) is 12.6. The Morgan fingerprint density at radius 2 is 2.33 bits per heavy atom. The van der Waals surface area contributed by atoms with Crippen LogP contribution in [0.25, 0.3) is 11.3 Å². The summed E-state index contributed by atoms with van der Waals surface area (Å²) < 4.78 is 8.12. The number of aromatic nitrogens is 2. The molecule has 0 spiro atoms. The van der Waals surface area contributed by atoms with E-state index in [4.69, 9.17) is 4.74 Å². The highest BCUT2D eigenvalue weighted by atomic mass is 16.5. The zero-order valence-electron chi connectivity index (χ0n) is 12.6. The van der Waals surface area contributed by atoms with E-state index in [2.05, 4.69) is 46.9 Å². The van der Waals surface area contributed by atoms with Crippen LogP contribution in [0.15, 0.2) is 30.7 Å². The Labute approximate surface area is 125 Å². The number of anilines is 1. The molecule has 2 aromatic rings. The largest absolute Gasteiger partial charge is 0.384 e. The first-order valence-corrected chi connectivity index (χ1v) is 7.71. The van der Waals surface area contributed by atoms with Gasteiger partial charge in [0.1, 0.15) is 0 Å². The summed E-state index contributed by atoms with van der Waals surface area (Å²) in [7, 11) is 0. The standard InChI is InChI=1S/C17H21N3O/c1-12-17(2,7-9-21-12)20-11-18-10-15(20)14-5-3-4-13-6-8-19-16(13)14/h3-5,10-12,19H,6-9H2,1-2H3. The average Bonchev–Trinajstić information content (AvgIpc) is 3.19. The lowest BCUT2D eigenvalue weighted by molar-refractivity contribution is 0.0765. The van der Waals surface area contributed by atoms with Crippen LogP contribution in [0.3, 0.4) is 0 Å². The number of nitrogens with one attached hydrogen (secondary N) is 1. The summed E-state index contributed by atoms with van der Waals surface area (Å²) in [5.41, 5.74) is 5.09. The lowest BCUT2D eigenvalue weighted by Crippen LogP contribution is -2.36. The van der Waals surface area contributed by atoms with Gasteiger partial charge < -0.3 is 14.6 Å². The predicted molar refractivity (Wildman–Crippen MR) is 83.5 cm³/mol. The summed E-state index contributed by atoms with van der Waals surface area (Å²) in [5, 5.41) is 3.53. The van der Waals surface area contributed by atoms with Crippen LogP contribution in [0, 0.1) is 0 Å². The van der Waals surface area contributed by atoms with Gasteiger partial charge in [0.25, 0.3) is 0 Å². The van der Waals surface area contributed by atoms with Crippen molar-refractivity contribution in [2.75, 3.05) is 18.5 Å². The molecule has 2 aliphatic rings. The maximum atomic E-state index is 5.81. The maximum absolute atomic E-state index is 5.81. The van der Waals surface area contributed by atoms with Crippen molar-refractivity contribution in [3.63, 3.8) is 0 Å². The van der Waals surface area contributed by atoms with Crippen molar-refractivity contribution in [3.8, 4) is 11.3 Å². The third-order valence-corrected chi connectivity index (χ3v) is 5.16. The minimum atomic E-state index is -0.0207. The van der Waals surface area contributed by atoms with Gasteiger partial charge >= 0.3 is 0 Å². The van der Waals surface area contributed by atoms with Gasteiger partial charge in [0, 0.05) is 24.4 Å². The van der Waals surface area contributed by atoms with Crippen LogP contribution < -0.4 is 5.32 Å². The number of hydrogen-bond donors (Lipinski definition) is 1. The molecular formula is C17H21N3O. The molecule has 4 rings (SSSR count). The summed E-state index contributed by atoms with van der Waals surface area (Å²) in [5.74, 6) is 0. The Bertz CT molecular complexity index is 678. The first kappa shape index (κ1) is 12.9. The van der Waals surface area contributed by atoms with Crippen LogP contribution in [0.1, 0.15) is 25.8 Å². The Morgan fingerprint density at radius 1 is 1.43 bits per heavy atom.